The van der Waals surface area contributed by atoms with Gasteiger partial charge in [-0.25, -0.2) is 0 Å². The van der Waals surface area contributed by atoms with Crippen LogP contribution < -0.4 is 4.74 Å². The average molecular weight is 652 g/mol. The van der Waals surface area contributed by atoms with E-state index in [0.717, 1.165) is 37.1 Å². The Morgan fingerprint density at radius 3 is 1.98 bits per heavy atom. The Balaban J connectivity index is 0.930. The van der Waals surface area contributed by atoms with Crippen molar-refractivity contribution in [2.45, 2.75) is 54.9 Å². The second-order valence-corrected chi connectivity index (χ2v) is 12.3. The van der Waals surface area contributed by atoms with Crippen molar-refractivity contribution in [1.82, 2.24) is 4.90 Å². The molecule has 1 saturated carbocycles. The van der Waals surface area contributed by atoms with E-state index in [1.165, 1.54) is 0 Å². The van der Waals surface area contributed by atoms with Gasteiger partial charge in [0.15, 0.2) is 11.5 Å². The highest BCUT2D eigenvalue weighted by Crippen LogP contribution is 2.65. The molecule has 2 fully saturated rings. The number of phenols is 1. The van der Waals surface area contributed by atoms with Crippen LogP contribution in [0.25, 0.3) is 0 Å². The highest BCUT2D eigenvalue weighted by atomic mass is 16.6. The van der Waals surface area contributed by atoms with Crippen LogP contribution in [0.5, 0.6) is 11.5 Å². The van der Waals surface area contributed by atoms with Crippen molar-refractivity contribution in [3.05, 3.63) is 35.9 Å². The van der Waals surface area contributed by atoms with E-state index in [4.69, 9.17) is 42.6 Å². The lowest BCUT2D eigenvalue weighted by atomic mass is 9.48. The summed E-state index contributed by atoms with van der Waals surface area (Å²) in [7, 11) is 1.65. The lowest BCUT2D eigenvalue weighted by Crippen LogP contribution is -2.77. The van der Waals surface area contributed by atoms with Gasteiger partial charge in [0, 0.05) is 25.3 Å². The standard InChI is InChI=1S/C34H53NO11/c1-3-9-35-10-8-33-30-26-4-5-27(36)31(30)46-32(33)28(6-7-34(33,37)29(35)25-26)45-24-23-44-22-21-43-20-19-42-18-17-41-16-15-40-14-13-39-12-11-38-2/h3-5,28-29,32,36-37H,1,6-25H2,2H3/t28-,29+,32?,33-,34+/m0/s1. The number of aromatic hydroxyl groups is 1. The summed E-state index contributed by atoms with van der Waals surface area (Å²) in [5, 5.41) is 23.1. The van der Waals surface area contributed by atoms with E-state index in [9.17, 15) is 10.2 Å². The number of phenolic OH excluding ortho intramolecular Hbond substituents is 1. The molecule has 1 unspecified atom stereocenters. The molecular weight excluding hydrogens is 598 g/mol. The van der Waals surface area contributed by atoms with Gasteiger partial charge in [0.05, 0.1) is 110 Å². The second-order valence-electron chi connectivity index (χ2n) is 12.3. The van der Waals surface area contributed by atoms with Crippen LogP contribution in [0.3, 0.4) is 0 Å². The lowest BCUT2D eigenvalue weighted by molar-refractivity contribution is -0.215. The average Bonchev–Trinajstić information content (AvgIpc) is 3.41. The van der Waals surface area contributed by atoms with Gasteiger partial charge in [-0.15, -0.1) is 6.58 Å². The highest BCUT2D eigenvalue weighted by Gasteiger charge is 2.73. The predicted octanol–water partition coefficient (Wildman–Crippen LogP) is 1.86. The minimum absolute atomic E-state index is 0.0238. The molecule has 0 radical (unpaired) electrons. The van der Waals surface area contributed by atoms with E-state index in [-0.39, 0.29) is 24.0 Å². The zero-order chi connectivity index (χ0) is 32.2. The van der Waals surface area contributed by atoms with Gasteiger partial charge in [-0.1, -0.05) is 12.1 Å². The third kappa shape index (κ3) is 7.72. The van der Waals surface area contributed by atoms with Gasteiger partial charge in [-0.2, -0.15) is 0 Å². The van der Waals surface area contributed by atoms with Gasteiger partial charge in [0.25, 0.3) is 0 Å². The molecule has 12 heteroatoms. The zero-order valence-electron chi connectivity index (χ0n) is 27.3. The van der Waals surface area contributed by atoms with Crippen LogP contribution in [0.4, 0.5) is 0 Å². The molecule has 0 amide bonds. The monoisotopic (exact) mass is 651 g/mol. The van der Waals surface area contributed by atoms with Crippen LogP contribution in [0, 0.1) is 0 Å². The van der Waals surface area contributed by atoms with Crippen molar-refractivity contribution in [3.8, 4) is 11.5 Å². The van der Waals surface area contributed by atoms with Gasteiger partial charge in [0.1, 0.15) is 6.10 Å². The second kappa shape index (κ2) is 17.5. The van der Waals surface area contributed by atoms with Crippen LogP contribution in [0.1, 0.15) is 30.4 Å². The van der Waals surface area contributed by atoms with E-state index in [1.54, 1.807) is 13.2 Å². The van der Waals surface area contributed by atoms with E-state index in [2.05, 4.69) is 11.5 Å². The third-order valence-corrected chi connectivity index (χ3v) is 9.73. The van der Waals surface area contributed by atoms with Gasteiger partial charge in [-0.3, -0.25) is 4.90 Å². The van der Waals surface area contributed by atoms with E-state index in [0.29, 0.717) is 111 Å². The molecule has 260 valence electrons. The number of rotatable bonds is 24. The Morgan fingerprint density at radius 2 is 1.41 bits per heavy atom. The zero-order valence-corrected chi connectivity index (χ0v) is 27.3. The molecule has 2 bridgehead atoms. The number of likely N-dealkylation sites (tertiary alicyclic amines) is 1. The largest absolute Gasteiger partial charge is 0.504 e. The van der Waals surface area contributed by atoms with Crippen LogP contribution >= 0.6 is 0 Å². The lowest BCUT2D eigenvalue weighted by Gasteiger charge is -2.64. The Morgan fingerprint density at radius 1 is 0.848 bits per heavy atom. The Bertz CT molecular complexity index is 1090. The predicted molar refractivity (Wildman–Crippen MR) is 169 cm³/mol. The number of benzene rings is 1. The fraction of sp³-hybridized carbons (Fsp3) is 0.765. The number of nitrogens with zero attached hydrogens (tertiary/aromatic N) is 1. The molecule has 2 heterocycles. The minimum atomic E-state index is -0.954. The molecule has 1 aromatic carbocycles. The van der Waals surface area contributed by atoms with Crippen molar-refractivity contribution < 1.29 is 52.8 Å². The van der Waals surface area contributed by atoms with Crippen molar-refractivity contribution in [3.63, 3.8) is 0 Å². The molecule has 46 heavy (non-hydrogen) atoms. The summed E-state index contributed by atoms with van der Waals surface area (Å²) < 4.78 is 50.9. The number of methoxy groups -OCH3 is 1. The summed E-state index contributed by atoms with van der Waals surface area (Å²) in [5.74, 6) is 0.660. The molecular formula is C34H53NO11. The molecule has 1 aromatic rings. The van der Waals surface area contributed by atoms with Crippen LogP contribution in [-0.2, 0) is 49.7 Å². The van der Waals surface area contributed by atoms with E-state index < -0.39 is 11.0 Å². The Kier molecular flexibility index (Phi) is 13.5. The maximum atomic E-state index is 12.4. The first-order chi connectivity index (χ1) is 22.6. The summed E-state index contributed by atoms with van der Waals surface area (Å²) in [6.07, 6.45) is 4.12. The van der Waals surface area contributed by atoms with Crippen molar-refractivity contribution in [2.24, 2.45) is 0 Å². The first kappa shape index (κ1) is 35.5. The quantitative estimate of drug-likeness (QED) is 0.125. The maximum Gasteiger partial charge on any atom is 0.165 e. The minimum Gasteiger partial charge on any atom is -0.504 e. The summed E-state index contributed by atoms with van der Waals surface area (Å²) in [6.45, 7) is 12.6. The number of hydrogen-bond acceptors (Lipinski definition) is 12. The van der Waals surface area contributed by atoms with Gasteiger partial charge < -0.3 is 52.8 Å². The summed E-state index contributed by atoms with van der Waals surface area (Å²) in [6, 6.07) is 3.69. The summed E-state index contributed by atoms with van der Waals surface area (Å²) in [5.41, 5.74) is 0.592. The van der Waals surface area contributed by atoms with Gasteiger partial charge >= 0.3 is 0 Å². The molecule has 5 atom stereocenters. The van der Waals surface area contributed by atoms with Crippen LogP contribution in [-0.4, -0.2) is 152 Å². The Labute approximate surface area is 272 Å². The highest BCUT2D eigenvalue weighted by molar-refractivity contribution is 5.62. The number of piperidine rings is 1. The van der Waals surface area contributed by atoms with E-state index >= 15 is 0 Å². The molecule has 2 N–H and O–H groups in total. The smallest absolute Gasteiger partial charge is 0.165 e. The number of hydrogen-bond donors (Lipinski definition) is 2. The fourth-order valence-corrected chi connectivity index (χ4v) is 7.74. The van der Waals surface area contributed by atoms with Gasteiger partial charge in [0.2, 0.25) is 0 Å². The van der Waals surface area contributed by atoms with Crippen molar-refractivity contribution in [1.29, 1.82) is 0 Å². The maximum absolute atomic E-state index is 12.4. The van der Waals surface area contributed by atoms with Crippen molar-refractivity contribution >= 4 is 0 Å². The molecule has 2 aliphatic carbocycles. The van der Waals surface area contributed by atoms with Crippen LogP contribution in [0.2, 0.25) is 0 Å². The molecule has 12 nitrogen and oxygen atoms in total. The van der Waals surface area contributed by atoms with E-state index in [1.807, 2.05) is 12.1 Å². The molecule has 1 spiro atoms. The molecule has 1 saturated heterocycles. The SMILES string of the molecule is C=CCN1CC[C@]23c4c5ccc(O)c4OC2[C@@H](OCCOCCOCCOCCOCCOCCOCCOC)CC[C@@]3(O)[C@H]1C5. The number of aliphatic hydroxyl groups is 1. The number of ether oxygens (including phenoxy) is 9. The van der Waals surface area contributed by atoms with Crippen LogP contribution in [0.15, 0.2) is 24.8 Å². The van der Waals surface area contributed by atoms with Gasteiger partial charge in [-0.05, 0) is 43.9 Å². The third-order valence-electron chi connectivity index (χ3n) is 9.73. The molecule has 4 aliphatic rings. The molecule has 5 rings (SSSR count). The molecule has 0 aromatic heterocycles. The summed E-state index contributed by atoms with van der Waals surface area (Å²) >= 11 is 0. The normalized spacial score (nSPS) is 27.8. The first-order valence-electron chi connectivity index (χ1n) is 16.7. The van der Waals surface area contributed by atoms with Crippen molar-refractivity contribution in [2.75, 3.05) is 113 Å². The first-order valence-corrected chi connectivity index (χ1v) is 16.7. The fourth-order valence-electron chi connectivity index (χ4n) is 7.74. The summed E-state index contributed by atoms with van der Waals surface area (Å²) in [4.78, 5) is 2.35. The molecule has 2 aliphatic heterocycles. The Hall–Kier alpha value is -1.84. The topological polar surface area (TPSA) is 127 Å².